The normalized spacial score (nSPS) is 14.5. The maximum Gasteiger partial charge on any atom is 0.272 e. The molecule has 2 heterocycles. The largest absolute Gasteiger partial charge is 0.485 e. The molecule has 0 radical (unpaired) electrons. The molecule has 4 aromatic rings. The highest BCUT2D eigenvalue weighted by atomic mass is 19.3. The molecule has 1 aliphatic carbocycles. The highest BCUT2D eigenvalue weighted by molar-refractivity contribution is 6.15. The summed E-state index contributed by atoms with van der Waals surface area (Å²) < 4.78 is 58.1. The van der Waals surface area contributed by atoms with E-state index in [1.807, 2.05) is 17.9 Å². The fraction of sp³-hybridized carbons (Fsp3) is 0.250. The smallest absolute Gasteiger partial charge is 0.272 e. The van der Waals surface area contributed by atoms with Gasteiger partial charge in [0.25, 0.3) is 6.43 Å². The summed E-state index contributed by atoms with van der Waals surface area (Å²) in [5.41, 5.74) is 10.9. The van der Waals surface area contributed by atoms with Gasteiger partial charge >= 0.3 is 0 Å². The van der Waals surface area contributed by atoms with Crippen LogP contribution in [0, 0.1) is 12.7 Å². The van der Waals surface area contributed by atoms with Gasteiger partial charge in [-0.1, -0.05) is 12.1 Å². The predicted octanol–water partition coefficient (Wildman–Crippen LogP) is 6.00. The van der Waals surface area contributed by atoms with Gasteiger partial charge in [-0.2, -0.15) is 5.10 Å². The lowest BCUT2D eigenvalue weighted by Crippen LogP contribution is -2.36. The minimum atomic E-state index is -2.61. The number of alkyl halides is 2. The molecule has 1 saturated heterocycles. The molecule has 0 saturated carbocycles. The molecule has 0 amide bonds. The lowest BCUT2D eigenvalue weighted by molar-refractivity contribution is 0.0816. The Kier molecular flexibility index (Phi) is 7.81. The third kappa shape index (κ3) is 5.80. The van der Waals surface area contributed by atoms with Crippen molar-refractivity contribution in [3.63, 3.8) is 0 Å². The molecule has 2 N–H and O–H groups in total. The van der Waals surface area contributed by atoms with Crippen LogP contribution in [0.2, 0.25) is 0 Å². The monoisotopic (exact) mass is 590 g/mol. The first-order chi connectivity index (χ1) is 20.8. The first kappa shape index (κ1) is 28.4. The maximum absolute atomic E-state index is 14.0. The minimum Gasteiger partial charge on any atom is -0.485 e. The zero-order chi connectivity index (χ0) is 30.1. The number of nitrogen functional groups attached to an aromatic ring is 1. The van der Waals surface area contributed by atoms with Crippen LogP contribution in [0.4, 0.5) is 24.7 Å². The standard InChI is InChI=1S/C32H29F3N4O4/c1-19-12-23(43-28-5-3-2-4-25(28)33)6-7-26(19)39-32(36)24(17-37-39)31(40)22-13-20-15-27(38-8-10-41-11-9-38)29(16-21(20)14-22)42-18-30(34)35/h2-7,12,14-17,30H,8-11,13,18,36H2,1H3. The van der Waals surface area contributed by atoms with E-state index in [1.165, 1.54) is 16.9 Å². The van der Waals surface area contributed by atoms with Crippen LogP contribution in [0.25, 0.3) is 11.8 Å². The quantitative estimate of drug-likeness (QED) is 0.239. The molecule has 2 aliphatic rings. The van der Waals surface area contributed by atoms with Gasteiger partial charge in [0, 0.05) is 25.1 Å². The van der Waals surface area contributed by atoms with Crippen molar-refractivity contribution in [1.29, 1.82) is 0 Å². The van der Waals surface area contributed by atoms with Crippen LogP contribution >= 0.6 is 0 Å². The molecular formula is C32H29F3N4O4. The van der Waals surface area contributed by atoms with E-state index in [9.17, 15) is 18.0 Å². The number of ketones is 1. The molecule has 0 atom stereocenters. The number of rotatable bonds is 9. The lowest BCUT2D eigenvalue weighted by Gasteiger charge is -2.30. The van der Waals surface area contributed by atoms with Crippen molar-refractivity contribution in [2.75, 3.05) is 43.5 Å². The first-order valence-electron chi connectivity index (χ1n) is 13.8. The third-order valence-corrected chi connectivity index (χ3v) is 7.45. The highest BCUT2D eigenvalue weighted by Gasteiger charge is 2.27. The van der Waals surface area contributed by atoms with Crippen LogP contribution in [0.1, 0.15) is 27.0 Å². The summed E-state index contributed by atoms with van der Waals surface area (Å²) in [5.74, 6) is 0.313. The Hall–Kier alpha value is -4.77. The van der Waals surface area contributed by atoms with Crippen molar-refractivity contribution >= 4 is 23.4 Å². The molecule has 0 unspecified atom stereocenters. The molecule has 43 heavy (non-hydrogen) atoms. The molecule has 1 aliphatic heterocycles. The fourth-order valence-corrected chi connectivity index (χ4v) is 5.31. The number of nitrogens with two attached hydrogens (primary N) is 1. The number of hydrogen-bond donors (Lipinski definition) is 1. The van der Waals surface area contributed by atoms with Gasteiger partial charge in [0.15, 0.2) is 17.3 Å². The topological polar surface area (TPSA) is 91.8 Å². The Labute approximate surface area is 246 Å². The SMILES string of the molecule is Cc1cc(Oc2ccccc2F)ccc1-n1ncc(C(=O)C2=Cc3cc(OCC(F)F)c(N4CCOCC4)cc3C2)c1N. The number of aromatic nitrogens is 2. The number of anilines is 2. The summed E-state index contributed by atoms with van der Waals surface area (Å²) in [7, 11) is 0. The summed E-state index contributed by atoms with van der Waals surface area (Å²) in [6.07, 6.45) is 0.914. The average molecular weight is 591 g/mol. The van der Waals surface area contributed by atoms with Gasteiger partial charge < -0.3 is 24.8 Å². The van der Waals surface area contributed by atoms with Gasteiger partial charge in [-0.05, 0) is 72.2 Å². The van der Waals surface area contributed by atoms with Crippen LogP contribution in [0.3, 0.4) is 0 Å². The molecule has 6 rings (SSSR count). The second-order valence-electron chi connectivity index (χ2n) is 10.3. The third-order valence-electron chi connectivity index (χ3n) is 7.45. The second-order valence-corrected chi connectivity index (χ2v) is 10.3. The minimum absolute atomic E-state index is 0.108. The number of halogens is 3. The van der Waals surface area contributed by atoms with Crippen molar-refractivity contribution in [3.8, 4) is 22.9 Å². The molecule has 1 aromatic heterocycles. The molecule has 0 bridgehead atoms. The van der Waals surface area contributed by atoms with E-state index >= 15 is 0 Å². The predicted molar refractivity (Wildman–Crippen MR) is 156 cm³/mol. The van der Waals surface area contributed by atoms with Crippen molar-refractivity contribution in [2.45, 2.75) is 19.8 Å². The van der Waals surface area contributed by atoms with Gasteiger partial charge in [-0.3, -0.25) is 4.79 Å². The van der Waals surface area contributed by atoms with E-state index < -0.39 is 18.8 Å². The number of aryl methyl sites for hydroxylation is 1. The maximum atomic E-state index is 14.0. The first-order valence-corrected chi connectivity index (χ1v) is 13.8. The number of carbonyl (C=O) groups excluding carboxylic acids is 1. The second kappa shape index (κ2) is 11.8. The summed E-state index contributed by atoms with van der Waals surface area (Å²) in [4.78, 5) is 15.7. The van der Waals surface area contributed by atoms with Crippen molar-refractivity contribution < 1.29 is 32.2 Å². The Morgan fingerprint density at radius 2 is 1.86 bits per heavy atom. The summed E-state index contributed by atoms with van der Waals surface area (Å²) in [5, 5.41) is 4.38. The number of carbonyl (C=O) groups is 1. The number of hydrogen-bond acceptors (Lipinski definition) is 7. The van der Waals surface area contributed by atoms with E-state index in [2.05, 4.69) is 5.10 Å². The van der Waals surface area contributed by atoms with E-state index in [1.54, 1.807) is 48.5 Å². The Balaban J connectivity index is 1.23. The molecule has 8 nitrogen and oxygen atoms in total. The van der Waals surface area contributed by atoms with Crippen molar-refractivity contribution in [1.82, 2.24) is 9.78 Å². The lowest BCUT2D eigenvalue weighted by atomic mass is 10.0. The van der Waals surface area contributed by atoms with Gasteiger partial charge in [0.2, 0.25) is 0 Å². The fourth-order valence-electron chi connectivity index (χ4n) is 5.31. The number of morpholine rings is 1. The van der Waals surface area contributed by atoms with E-state index in [0.29, 0.717) is 61.2 Å². The average Bonchev–Trinajstić information content (AvgIpc) is 3.60. The van der Waals surface area contributed by atoms with Gasteiger partial charge in [0.1, 0.15) is 23.9 Å². The van der Waals surface area contributed by atoms with Gasteiger partial charge in [0.05, 0.1) is 36.3 Å². The number of fused-ring (bicyclic) bond motifs is 1. The van der Waals surface area contributed by atoms with Crippen LogP contribution < -0.4 is 20.1 Å². The molecule has 222 valence electrons. The molecule has 3 aromatic carbocycles. The van der Waals surface area contributed by atoms with Crippen LogP contribution in [0.5, 0.6) is 17.2 Å². The van der Waals surface area contributed by atoms with E-state index in [-0.39, 0.29) is 22.9 Å². The summed E-state index contributed by atoms with van der Waals surface area (Å²) in [6.45, 7) is 3.37. The molecular weight excluding hydrogens is 561 g/mol. The van der Waals surface area contributed by atoms with Crippen LogP contribution in [-0.2, 0) is 11.2 Å². The van der Waals surface area contributed by atoms with E-state index in [4.69, 9.17) is 19.9 Å². The van der Waals surface area contributed by atoms with E-state index in [0.717, 1.165) is 16.7 Å². The Morgan fingerprint density at radius 3 is 2.60 bits per heavy atom. The zero-order valence-corrected chi connectivity index (χ0v) is 23.4. The molecule has 1 fully saturated rings. The summed E-state index contributed by atoms with van der Waals surface area (Å²) in [6, 6.07) is 14.9. The summed E-state index contributed by atoms with van der Waals surface area (Å²) >= 11 is 0. The van der Waals surface area contributed by atoms with Gasteiger partial charge in [-0.25, -0.2) is 17.9 Å². The van der Waals surface area contributed by atoms with Crippen LogP contribution in [0.15, 0.2) is 66.4 Å². The number of para-hydroxylation sites is 1. The number of nitrogens with zero attached hydrogens (tertiary/aromatic N) is 3. The zero-order valence-electron chi connectivity index (χ0n) is 23.4. The molecule has 11 heteroatoms. The van der Waals surface area contributed by atoms with Crippen molar-refractivity contribution in [3.05, 3.63) is 94.4 Å². The number of benzene rings is 3. The van der Waals surface area contributed by atoms with Crippen molar-refractivity contribution in [2.24, 2.45) is 0 Å². The number of Topliss-reactive ketones (excluding diaryl/α,β-unsaturated/α-hetero) is 1. The number of allylic oxidation sites excluding steroid dienone is 1. The highest BCUT2D eigenvalue weighted by Crippen LogP contribution is 2.39. The number of ether oxygens (including phenoxy) is 3. The Bertz CT molecular complexity index is 1710. The van der Waals surface area contributed by atoms with Gasteiger partial charge in [-0.15, -0.1) is 0 Å². The Morgan fingerprint density at radius 1 is 1.07 bits per heavy atom. The molecule has 0 spiro atoms. The van der Waals surface area contributed by atoms with Crippen LogP contribution in [-0.4, -0.2) is 54.9 Å².